The average Bonchev–Trinajstić information content (AvgIpc) is 2.89. The van der Waals surface area contributed by atoms with Crippen molar-refractivity contribution in [3.63, 3.8) is 0 Å². The van der Waals surface area contributed by atoms with Gasteiger partial charge >= 0.3 is 5.69 Å². The number of aromatic nitrogens is 2. The summed E-state index contributed by atoms with van der Waals surface area (Å²) < 4.78 is 18.8. The minimum atomic E-state index is -0.327. The molecule has 0 spiro atoms. The van der Waals surface area contributed by atoms with Crippen molar-refractivity contribution in [3.05, 3.63) is 57.5 Å². The fourth-order valence-electron chi connectivity index (χ4n) is 4.05. The molecule has 31 heavy (non-hydrogen) atoms. The molecule has 3 aromatic rings. The molecule has 0 saturated carbocycles. The quantitative estimate of drug-likeness (QED) is 0.659. The lowest BCUT2D eigenvalue weighted by Gasteiger charge is -2.17. The summed E-state index contributed by atoms with van der Waals surface area (Å²) in [6, 6.07) is 9.76. The first kappa shape index (κ1) is 20.8. The first-order chi connectivity index (χ1) is 14.9. The molecule has 1 N–H and O–H groups in total. The van der Waals surface area contributed by atoms with Gasteiger partial charge in [0.05, 0.1) is 26.0 Å². The number of hydrogen-bond donors (Lipinski definition) is 1. The van der Waals surface area contributed by atoms with Gasteiger partial charge < -0.3 is 19.5 Å². The molecule has 162 valence electrons. The fraction of sp³-hybridized carbons (Fsp3) is 0.333. The van der Waals surface area contributed by atoms with E-state index in [2.05, 4.69) is 29.4 Å². The molecule has 0 amide bonds. The highest BCUT2D eigenvalue weighted by molar-refractivity contribution is 5.75. The van der Waals surface area contributed by atoms with E-state index < -0.39 is 0 Å². The van der Waals surface area contributed by atoms with Crippen molar-refractivity contribution in [3.8, 4) is 28.5 Å². The first-order valence-electron chi connectivity index (χ1n) is 10.4. The predicted octanol–water partition coefficient (Wildman–Crippen LogP) is 4.38. The second-order valence-electron chi connectivity index (χ2n) is 7.64. The van der Waals surface area contributed by atoms with Crippen LogP contribution in [0.25, 0.3) is 11.3 Å². The van der Waals surface area contributed by atoms with E-state index in [1.165, 1.54) is 5.56 Å². The number of benzene rings is 2. The maximum Gasteiger partial charge on any atom is 0.350 e. The van der Waals surface area contributed by atoms with Crippen LogP contribution in [0.15, 0.2) is 35.1 Å². The molecule has 0 fully saturated rings. The van der Waals surface area contributed by atoms with E-state index in [4.69, 9.17) is 14.2 Å². The molecule has 1 aliphatic rings. The molecule has 2 heterocycles. The summed E-state index contributed by atoms with van der Waals surface area (Å²) >= 11 is 0. The molecule has 1 aromatic heterocycles. The largest absolute Gasteiger partial charge is 0.493 e. The Morgan fingerprint density at radius 2 is 1.84 bits per heavy atom. The Balaban J connectivity index is 1.85. The first-order valence-corrected chi connectivity index (χ1v) is 10.4. The summed E-state index contributed by atoms with van der Waals surface area (Å²) in [6.45, 7) is 9.35. The van der Waals surface area contributed by atoms with Crippen LogP contribution in [0.1, 0.15) is 23.6 Å². The lowest BCUT2D eigenvalue weighted by atomic mass is 10.0. The highest BCUT2D eigenvalue weighted by Crippen LogP contribution is 2.41. The number of nitrogens with one attached hydrogen (secondary N) is 1. The van der Waals surface area contributed by atoms with E-state index in [9.17, 15) is 4.79 Å². The Morgan fingerprint density at radius 1 is 1.10 bits per heavy atom. The molecule has 2 aromatic carbocycles. The number of hydrogen-bond acceptors (Lipinski definition) is 6. The van der Waals surface area contributed by atoms with Crippen LogP contribution in [-0.2, 0) is 6.54 Å². The molecule has 0 aliphatic carbocycles. The number of anilines is 2. The standard InChI is InChI=1S/C24H27N3O4/c1-6-30-21-13-19-17(11-20(21)29-5)18-12-22(26-24(28)27(18)7-8-31-19)25-23-15(3)9-14(2)10-16(23)4/h9-13H,6-8H2,1-5H3,(H,25,26,28). The number of ether oxygens (including phenoxy) is 3. The second kappa shape index (κ2) is 8.34. The predicted molar refractivity (Wildman–Crippen MR) is 121 cm³/mol. The smallest absolute Gasteiger partial charge is 0.350 e. The summed E-state index contributed by atoms with van der Waals surface area (Å²) in [7, 11) is 1.59. The highest BCUT2D eigenvalue weighted by Gasteiger charge is 2.22. The Morgan fingerprint density at radius 3 is 2.52 bits per heavy atom. The molecule has 0 atom stereocenters. The average molecular weight is 421 g/mol. The van der Waals surface area contributed by atoms with Gasteiger partial charge in [0.1, 0.15) is 18.2 Å². The summed E-state index contributed by atoms with van der Waals surface area (Å²) in [6.07, 6.45) is 0. The van der Waals surface area contributed by atoms with Crippen LogP contribution in [0.4, 0.5) is 11.5 Å². The van der Waals surface area contributed by atoms with Crippen LogP contribution in [0.2, 0.25) is 0 Å². The number of fused-ring (bicyclic) bond motifs is 3. The molecular formula is C24H27N3O4. The van der Waals surface area contributed by atoms with E-state index in [0.29, 0.717) is 42.8 Å². The Kier molecular flexibility index (Phi) is 5.59. The molecule has 4 rings (SSSR count). The maximum atomic E-state index is 12.9. The van der Waals surface area contributed by atoms with Crippen molar-refractivity contribution >= 4 is 11.5 Å². The van der Waals surface area contributed by atoms with Gasteiger partial charge in [-0.2, -0.15) is 4.98 Å². The molecule has 1 aliphatic heterocycles. The molecular weight excluding hydrogens is 394 g/mol. The van der Waals surface area contributed by atoms with E-state index >= 15 is 0 Å². The highest BCUT2D eigenvalue weighted by atomic mass is 16.5. The molecule has 0 bridgehead atoms. The number of nitrogens with zero attached hydrogens (tertiary/aromatic N) is 2. The van der Waals surface area contributed by atoms with E-state index in [1.54, 1.807) is 11.7 Å². The summed E-state index contributed by atoms with van der Waals surface area (Å²) in [5.74, 6) is 2.33. The van der Waals surface area contributed by atoms with Crippen molar-refractivity contribution in [2.45, 2.75) is 34.2 Å². The van der Waals surface area contributed by atoms with Crippen molar-refractivity contribution in [1.29, 1.82) is 0 Å². The zero-order chi connectivity index (χ0) is 22.1. The number of aryl methyl sites for hydroxylation is 3. The zero-order valence-corrected chi connectivity index (χ0v) is 18.5. The van der Waals surface area contributed by atoms with Crippen LogP contribution >= 0.6 is 0 Å². The lowest BCUT2D eigenvalue weighted by molar-refractivity contribution is 0.291. The summed E-state index contributed by atoms with van der Waals surface area (Å²) in [5, 5.41) is 3.35. The summed E-state index contributed by atoms with van der Waals surface area (Å²) in [4.78, 5) is 17.2. The van der Waals surface area contributed by atoms with Crippen molar-refractivity contribution in [1.82, 2.24) is 9.55 Å². The van der Waals surface area contributed by atoms with Gasteiger partial charge in [0.15, 0.2) is 11.5 Å². The molecule has 0 unspecified atom stereocenters. The topological polar surface area (TPSA) is 74.6 Å². The van der Waals surface area contributed by atoms with Gasteiger partial charge in [-0.25, -0.2) is 4.79 Å². The third kappa shape index (κ3) is 3.95. The van der Waals surface area contributed by atoms with Crippen LogP contribution in [0.5, 0.6) is 17.2 Å². The van der Waals surface area contributed by atoms with Gasteiger partial charge in [0.25, 0.3) is 0 Å². The Labute approximate surface area is 181 Å². The SMILES string of the molecule is CCOc1cc2c(cc1OC)-c1cc(Nc3c(C)cc(C)cc3C)nc(=O)n1CCO2. The van der Waals surface area contributed by atoms with E-state index in [0.717, 1.165) is 28.1 Å². The van der Waals surface area contributed by atoms with Crippen LogP contribution in [0.3, 0.4) is 0 Å². The lowest BCUT2D eigenvalue weighted by Crippen LogP contribution is -2.26. The summed E-state index contributed by atoms with van der Waals surface area (Å²) in [5.41, 5.74) is 5.50. The van der Waals surface area contributed by atoms with Gasteiger partial charge in [-0.3, -0.25) is 4.57 Å². The van der Waals surface area contributed by atoms with Crippen molar-refractivity contribution in [2.75, 3.05) is 25.6 Å². The number of methoxy groups -OCH3 is 1. The van der Waals surface area contributed by atoms with E-state index in [1.807, 2.05) is 39.0 Å². The minimum absolute atomic E-state index is 0.327. The molecule has 0 saturated heterocycles. The molecule has 7 nitrogen and oxygen atoms in total. The van der Waals surface area contributed by atoms with Crippen LogP contribution in [0, 0.1) is 20.8 Å². The number of rotatable bonds is 5. The normalized spacial score (nSPS) is 12.3. The Bertz CT molecular complexity index is 1180. The third-order valence-corrected chi connectivity index (χ3v) is 5.36. The third-order valence-electron chi connectivity index (χ3n) is 5.36. The zero-order valence-electron chi connectivity index (χ0n) is 18.5. The van der Waals surface area contributed by atoms with E-state index in [-0.39, 0.29) is 5.69 Å². The van der Waals surface area contributed by atoms with Gasteiger partial charge in [-0.1, -0.05) is 17.7 Å². The van der Waals surface area contributed by atoms with Crippen molar-refractivity contribution in [2.24, 2.45) is 0 Å². The van der Waals surface area contributed by atoms with Gasteiger partial charge in [-0.05, 0) is 44.9 Å². The maximum absolute atomic E-state index is 12.9. The monoisotopic (exact) mass is 421 g/mol. The second-order valence-corrected chi connectivity index (χ2v) is 7.64. The minimum Gasteiger partial charge on any atom is -0.493 e. The van der Waals surface area contributed by atoms with Gasteiger partial charge in [0.2, 0.25) is 0 Å². The van der Waals surface area contributed by atoms with Gasteiger partial charge in [-0.15, -0.1) is 0 Å². The molecule has 0 radical (unpaired) electrons. The molecule has 7 heteroatoms. The van der Waals surface area contributed by atoms with Crippen LogP contribution < -0.4 is 25.2 Å². The fourth-order valence-corrected chi connectivity index (χ4v) is 4.05. The van der Waals surface area contributed by atoms with Gasteiger partial charge in [0, 0.05) is 23.4 Å². The van der Waals surface area contributed by atoms with Crippen LogP contribution in [-0.4, -0.2) is 29.9 Å². The van der Waals surface area contributed by atoms with Crippen molar-refractivity contribution < 1.29 is 14.2 Å². The Hall–Kier alpha value is -3.48.